The smallest absolute Gasteiger partial charge is 0.325 e. The lowest BCUT2D eigenvalue weighted by Gasteiger charge is -2.50. The van der Waals surface area contributed by atoms with Crippen LogP contribution in [0.1, 0.15) is 31.9 Å². The molecule has 0 aromatic heterocycles. The van der Waals surface area contributed by atoms with Crippen LogP contribution in [0, 0.1) is 0 Å². The Balaban J connectivity index is 1.70. The number of methoxy groups -OCH3 is 1. The highest BCUT2D eigenvalue weighted by molar-refractivity contribution is 5.95. The molecule has 2 aliphatic rings. The van der Waals surface area contributed by atoms with Gasteiger partial charge in [0.25, 0.3) is 0 Å². The molecule has 0 spiro atoms. The van der Waals surface area contributed by atoms with Crippen molar-refractivity contribution in [3.8, 4) is 17.2 Å². The fourth-order valence-electron chi connectivity index (χ4n) is 3.73. The second-order valence-electron chi connectivity index (χ2n) is 6.65. The summed E-state index contributed by atoms with van der Waals surface area (Å²) in [5.74, 6) is 2.29. The van der Waals surface area contributed by atoms with Crippen molar-refractivity contribution in [2.75, 3.05) is 18.6 Å². The summed E-state index contributed by atoms with van der Waals surface area (Å²) >= 11 is 0. The molecule has 1 unspecified atom stereocenters. The first-order chi connectivity index (χ1) is 12.5. The van der Waals surface area contributed by atoms with Gasteiger partial charge in [-0.15, -0.1) is 0 Å². The maximum atomic E-state index is 12.9. The van der Waals surface area contributed by atoms with Crippen LogP contribution in [0.15, 0.2) is 42.5 Å². The Morgan fingerprint density at radius 2 is 1.96 bits per heavy atom. The molecule has 1 fully saturated rings. The predicted molar refractivity (Wildman–Crippen MR) is 98.0 cm³/mol. The average molecular weight is 354 g/mol. The van der Waals surface area contributed by atoms with Crippen molar-refractivity contribution in [3.05, 3.63) is 48.0 Å². The molecule has 1 saturated heterocycles. The number of nitrogens with one attached hydrogen (secondary N) is 1. The highest BCUT2D eigenvalue weighted by atomic mass is 16.5. The van der Waals surface area contributed by atoms with Crippen LogP contribution in [0.5, 0.6) is 17.2 Å². The van der Waals surface area contributed by atoms with Gasteiger partial charge in [-0.1, -0.05) is 0 Å². The van der Waals surface area contributed by atoms with Gasteiger partial charge >= 0.3 is 6.03 Å². The molecule has 0 saturated carbocycles. The van der Waals surface area contributed by atoms with Crippen molar-refractivity contribution >= 4 is 11.7 Å². The van der Waals surface area contributed by atoms with Crippen LogP contribution in [0.2, 0.25) is 0 Å². The first kappa shape index (κ1) is 16.6. The monoisotopic (exact) mass is 354 g/mol. The van der Waals surface area contributed by atoms with E-state index < -0.39 is 5.72 Å². The van der Waals surface area contributed by atoms with E-state index in [0.29, 0.717) is 13.0 Å². The molecule has 6 nitrogen and oxygen atoms in total. The van der Waals surface area contributed by atoms with E-state index in [4.69, 9.17) is 14.2 Å². The minimum atomic E-state index is -0.762. The number of ether oxygens (including phenoxy) is 3. The third-order valence-electron chi connectivity index (χ3n) is 4.88. The first-order valence-corrected chi connectivity index (χ1v) is 8.74. The summed E-state index contributed by atoms with van der Waals surface area (Å²) in [6.07, 6.45) is 0.645. The maximum absolute atomic E-state index is 12.9. The molecule has 2 amide bonds. The average Bonchev–Trinajstić information content (AvgIpc) is 2.62. The summed E-state index contributed by atoms with van der Waals surface area (Å²) in [4.78, 5) is 14.5. The summed E-state index contributed by atoms with van der Waals surface area (Å²) in [5, 5.41) is 3.09. The van der Waals surface area contributed by atoms with Crippen molar-refractivity contribution in [2.24, 2.45) is 0 Å². The molecule has 136 valence electrons. The van der Waals surface area contributed by atoms with Gasteiger partial charge in [-0.25, -0.2) is 4.79 Å². The summed E-state index contributed by atoms with van der Waals surface area (Å²) in [5.41, 5.74) is 0.951. The van der Waals surface area contributed by atoms with Crippen LogP contribution >= 0.6 is 0 Å². The molecule has 0 aliphatic carbocycles. The molecule has 4 rings (SSSR count). The fraction of sp³-hybridized carbons (Fsp3) is 0.350. The van der Waals surface area contributed by atoms with Crippen LogP contribution in [0.4, 0.5) is 10.5 Å². The lowest BCUT2D eigenvalue weighted by molar-refractivity contribution is 0.0377. The zero-order valence-corrected chi connectivity index (χ0v) is 15.1. The zero-order valence-electron chi connectivity index (χ0n) is 15.1. The van der Waals surface area contributed by atoms with Gasteiger partial charge in [0.1, 0.15) is 17.2 Å². The number of hydrogen-bond donors (Lipinski definition) is 1. The molecular weight excluding hydrogens is 332 g/mol. The van der Waals surface area contributed by atoms with Crippen molar-refractivity contribution < 1.29 is 19.0 Å². The van der Waals surface area contributed by atoms with Gasteiger partial charge in [0.05, 0.1) is 19.8 Å². The zero-order chi connectivity index (χ0) is 18.3. The topological polar surface area (TPSA) is 60.0 Å². The molecular formula is C20H22N2O4. The van der Waals surface area contributed by atoms with Gasteiger partial charge in [-0.05, 0) is 56.3 Å². The maximum Gasteiger partial charge on any atom is 0.325 e. The lowest BCUT2D eigenvalue weighted by atomic mass is 9.90. The largest absolute Gasteiger partial charge is 0.497 e. The fourth-order valence-corrected chi connectivity index (χ4v) is 3.73. The SMILES string of the molecule is CCOc1ccc(N2C(=O)NC3C[C@]2(C)Oc2ccc(OC)cc23)cc1. The Morgan fingerprint density at radius 1 is 1.23 bits per heavy atom. The van der Waals surface area contributed by atoms with Gasteiger partial charge in [0.2, 0.25) is 0 Å². The molecule has 2 heterocycles. The highest BCUT2D eigenvalue weighted by Crippen LogP contribution is 2.46. The molecule has 2 aromatic carbocycles. The lowest BCUT2D eigenvalue weighted by Crippen LogP contribution is -2.65. The molecule has 2 atom stereocenters. The van der Waals surface area contributed by atoms with Crippen molar-refractivity contribution in [3.63, 3.8) is 0 Å². The van der Waals surface area contributed by atoms with E-state index in [-0.39, 0.29) is 12.1 Å². The molecule has 2 bridgehead atoms. The van der Waals surface area contributed by atoms with Crippen molar-refractivity contribution in [1.82, 2.24) is 5.32 Å². The quantitative estimate of drug-likeness (QED) is 0.906. The summed E-state index contributed by atoms with van der Waals surface area (Å²) in [6.45, 7) is 4.49. The molecule has 0 radical (unpaired) electrons. The number of urea groups is 1. The number of rotatable bonds is 4. The van der Waals surface area contributed by atoms with E-state index in [1.165, 1.54) is 0 Å². The molecule has 2 aromatic rings. The third-order valence-corrected chi connectivity index (χ3v) is 4.88. The van der Waals surface area contributed by atoms with E-state index in [9.17, 15) is 4.79 Å². The van der Waals surface area contributed by atoms with Crippen LogP contribution < -0.4 is 24.4 Å². The van der Waals surface area contributed by atoms with Gasteiger partial charge < -0.3 is 19.5 Å². The summed E-state index contributed by atoms with van der Waals surface area (Å²) in [6, 6.07) is 12.9. The van der Waals surface area contributed by atoms with Gasteiger partial charge in [0.15, 0.2) is 5.72 Å². The van der Waals surface area contributed by atoms with Crippen molar-refractivity contribution in [1.29, 1.82) is 0 Å². The summed E-state index contributed by atoms with van der Waals surface area (Å²) < 4.78 is 17.1. The second kappa shape index (κ2) is 6.12. The molecule has 6 heteroatoms. The molecule has 1 N–H and O–H groups in total. The number of amides is 2. The number of benzene rings is 2. The molecule has 26 heavy (non-hydrogen) atoms. The summed E-state index contributed by atoms with van der Waals surface area (Å²) in [7, 11) is 1.63. The number of hydrogen-bond acceptors (Lipinski definition) is 4. The Hall–Kier alpha value is -2.89. The van der Waals surface area contributed by atoms with E-state index in [1.807, 2.05) is 56.3 Å². The van der Waals surface area contributed by atoms with E-state index in [0.717, 1.165) is 28.5 Å². The van der Waals surface area contributed by atoms with E-state index >= 15 is 0 Å². The number of carbonyl (C=O) groups is 1. The Kier molecular flexibility index (Phi) is 3.90. The third kappa shape index (κ3) is 2.62. The number of fused-ring (bicyclic) bond motifs is 4. The standard InChI is InChI=1S/C20H22N2O4/c1-4-25-14-7-5-13(6-8-14)22-19(23)21-17-12-20(22,2)26-18-10-9-15(24-3)11-16(17)18/h5-11,17H,4,12H2,1-3H3,(H,21,23)/t17?,20-/m0/s1. The van der Waals surface area contributed by atoms with E-state index in [1.54, 1.807) is 12.0 Å². The Bertz CT molecular complexity index is 836. The molecule has 2 aliphatic heterocycles. The second-order valence-corrected chi connectivity index (χ2v) is 6.65. The highest BCUT2D eigenvalue weighted by Gasteiger charge is 2.49. The van der Waals surface area contributed by atoms with Gasteiger partial charge in [-0.3, -0.25) is 4.90 Å². The number of anilines is 1. The predicted octanol–water partition coefficient (Wildman–Crippen LogP) is 3.86. The minimum Gasteiger partial charge on any atom is -0.497 e. The normalized spacial score (nSPS) is 23.6. The van der Waals surface area contributed by atoms with Gasteiger partial charge in [-0.2, -0.15) is 0 Å². The number of nitrogens with zero attached hydrogens (tertiary/aromatic N) is 1. The van der Waals surface area contributed by atoms with Crippen LogP contribution in [-0.4, -0.2) is 25.5 Å². The minimum absolute atomic E-state index is 0.106. The Labute approximate surface area is 152 Å². The van der Waals surface area contributed by atoms with Crippen LogP contribution in [0.25, 0.3) is 0 Å². The van der Waals surface area contributed by atoms with E-state index in [2.05, 4.69) is 5.32 Å². The van der Waals surface area contributed by atoms with Crippen molar-refractivity contribution in [2.45, 2.75) is 32.0 Å². The van der Waals surface area contributed by atoms with Crippen LogP contribution in [-0.2, 0) is 0 Å². The van der Waals surface area contributed by atoms with Gasteiger partial charge in [0, 0.05) is 17.7 Å². The number of carbonyl (C=O) groups excluding carboxylic acids is 1. The first-order valence-electron chi connectivity index (χ1n) is 8.74. The Morgan fingerprint density at radius 3 is 2.65 bits per heavy atom. The van der Waals surface area contributed by atoms with Crippen LogP contribution in [0.3, 0.4) is 0 Å².